The van der Waals surface area contributed by atoms with E-state index in [0.717, 1.165) is 4.90 Å². The van der Waals surface area contributed by atoms with Gasteiger partial charge in [-0.25, -0.2) is 13.6 Å². The molecule has 18 heavy (non-hydrogen) atoms. The molecule has 1 N–H and O–H groups in total. The summed E-state index contributed by atoms with van der Waals surface area (Å²) in [6.07, 6.45) is -2.32. The third kappa shape index (κ3) is 6.36. The summed E-state index contributed by atoms with van der Waals surface area (Å²) in [5.41, 5.74) is 0. The first-order valence-corrected chi connectivity index (χ1v) is 5.77. The Hall–Kier alpha value is -1.40. The van der Waals surface area contributed by atoms with Gasteiger partial charge >= 0.3 is 12.0 Å². The number of rotatable bonds is 7. The number of hydrogen-bond donors (Lipinski definition) is 1. The molecule has 7 heteroatoms. The number of urea groups is 1. The molecule has 0 aliphatic heterocycles. The van der Waals surface area contributed by atoms with Gasteiger partial charge in [-0.2, -0.15) is 0 Å². The second-order valence-corrected chi connectivity index (χ2v) is 4.34. The maximum atomic E-state index is 12.2. The van der Waals surface area contributed by atoms with Crippen LogP contribution in [0.25, 0.3) is 0 Å². The highest BCUT2D eigenvalue weighted by Gasteiger charge is 2.22. The fourth-order valence-electron chi connectivity index (χ4n) is 1.48. The molecule has 0 unspecified atom stereocenters. The van der Waals surface area contributed by atoms with E-state index < -0.39 is 25.0 Å². The van der Waals surface area contributed by atoms with E-state index in [-0.39, 0.29) is 19.0 Å². The summed E-state index contributed by atoms with van der Waals surface area (Å²) in [6, 6.07) is -0.665. The predicted molar refractivity (Wildman–Crippen MR) is 62.7 cm³/mol. The van der Waals surface area contributed by atoms with Gasteiger partial charge in [0, 0.05) is 26.1 Å². The second-order valence-electron chi connectivity index (χ2n) is 4.34. The van der Waals surface area contributed by atoms with E-state index in [2.05, 4.69) is 0 Å². The lowest BCUT2D eigenvalue weighted by atomic mass is 10.2. The van der Waals surface area contributed by atoms with Crippen molar-refractivity contribution in [3.8, 4) is 0 Å². The van der Waals surface area contributed by atoms with Crippen molar-refractivity contribution in [1.82, 2.24) is 9.80 Å². The van der Waals surface area contributed by atoms with Gasteiger partial charge in [0.2, 0.25) is 0 Å². The molecule has 0 aromatic rings. The average molecular weight is 266 g/mol. The minimum Gasteiger partial charge on any atom is -0.481 e. The number of nitrogens with zero attached hydrogens (tertiary/aromatic N) is 2. The molecule has 0 saturated carbocycles. The molecule has 2 amide bonds. The van der Waals surface area contributed by atoms with Gasteiger partial charge < -0.3 is 14.9 Å². The van der Waals surface area contributed by atoms with Crippen molar-refractivity contribution in [2.24, 2.45) is 0 Å². The first kappa shape index (κ1) is 16.6. The number of aliphatic carboxylic acids is 1. The van der Waals surface area contributed by atoms with E-state index in [1.807, 2.05) is 0 Å². The zero-order valence-electron chi connectivity index (χ0n) is 10.9. The maximum Gasteiger partial charge on any atom is 0.320 e. The number of alkyl halides is 2. The molecule has 0 fully saturated rings. The molecular weight excluding hydrogens is 246 g/mol. The van der Waals surface area contributed by atoms with Gasteiger partial charge in [-0.1, -0.05) is 0 Å². The Kier molecular flexibility index (Phi) is 7.23. The third-order valence-electron chi connectivity index (χ3n) is 2.40. The van der Waals surface area contributed by atoms with Crippen LogP contribution in [0.5, 0.6) is 0 Å². The molecule has 0 atom stereocenters. The van der Waals surface area contributed by atoms with Crippen LogP contribution in [-0.4, -0.2) is 59.5 Å². The van der Waals surface area contributed by atoms with Crippen LogP contribution in [0.2, 0.25) is 0 Å². The van der Waals surface area contributed by atoms with Gasteiger partial charge in [0.25, 0.3) is 6.43 Å². The Labute approximate surface area is 105 Å². The number of hydrogen-bond acceptors (Lipinski definition) is 2. The number of carbonyl (C=O) groups is 2. The molecule has 0 saturated heterocycles. The largest absolute Gasteiger partial charge is 0.481 e. The Morgan fingerprint density at radius 3 is 2.22 bits per heavy atom. The van der Waals surface area contributed by atoms with Crippen molar-refractivity contribution in [1.29, 1.82) is 0 Å². The number of halogens is 2. The van der Waals surface area contributed by atoms with Gasteiger partial charge in [0.1, 0.15) is 0 Å². The van der Waals surface area contributed by atoms with Crippen molar-refractivity contribution in [3.05, 3.63) is 0 Å². The lowest BCUT2D eigenvalue weighted by Gasteiger charge is -2.31. The van der Waals surface area contributed by atoms with Crippen molar-refractivity contribution in [2.75, 3.05) is 20.1 Å². The van der Waals surface area contributed by atoms with Crippen LogP contribution in [0.4, 0.5) is 13.6 Å². The summed E-state index contributed by atoms with van der Waals surface area (Å²) in [6.45, 7) is 3.14. The second kappa shape index (κ2) is 7.84. The lowest BCUT2D eigenvalue weighted by Crippen LogP contribution is -2.46. The van der Waals surface area contributed by atoms with Crippen LogP contribution in [-0.2, 0) is 4.79 Å². The Bertz CT molecular complexity index is 285. The summed E-state index contributed by atoms with van der Waals surface area (Å²) >= 11 is 0. The van der Waals surface area contributed by atoms with Crippen molar-refractivity contribution >= 4 is 12.0 Å². The maximum absolute atomic E-state index is 12.2. The molecule has 106 valence electrons. The van der Waals surface area contributed by atoms with E-state index in [4.69, 9.17) is 5.11 Å². The summed E-state index contributed by atoms with van der Waals surface area (Å²) in [5, 5.41) is 8.52. The van der Waals surface area contributed by atoms with Gasteiger partial charge in [0.05, 0.1) is 6.54 Å². The first-order valence-electron chi connectivity index (χ1n) is 5.77. The molecule has 5 nitrogen and oxygen atoms in total. The Morgan fingerprint density at radius 1 is 1.28 bits per heavy atom. The van der Waals surface area contributed by atoms with E-state index >= 15 is 0 Å². The number of carbonyl (C=O) groups excluding carboxylic acids is 1. The van der Waals surface area contributed by atoms with Gasteiger partial charge in [-0.05, 0) is 20.3 Å². The normalized spacial score (nSPS) is 10.8. The average Bonchev–Trinajstić information content (AvgIpc) is 2.21. The van der Waals surface area contributed by atoms with Crippen LogP contribution in [0.1, 0.15) is 26.7 Å². The van der Waals surface area contributed by atoms with Crippen LogP contribution in [0.15, 0.2) is 0 Å². The monoisotopic (exact) mass is 266 g/mol. The molecule has 0 rings (SSSR count). The molecule has 0 aliphatic rings. The van der Waals surface area contributed by atoms with E-state index in [9.17, 15) is 18.4 Å². The predicted octanol–water partition coefficient (Wildman–Crippen LogP) is 1.88. The quantitative estimate of drug-likeness (QED) is 0.765. The number of carboxylic acid groups (broad SMARTS) is 1. The van der Waals surface area contributed by atoms with Gasteiger partial charge in [-0.15, -0.1) is 0 Å². The van der Waals surface area contributed by atoms with Crippen LogP contribution in [0.3, 0.4) is 0 Å². The highest BCUT2D eigenvalue weighted by Crippen LogP contribution is 2.07. The highest BCUT2D eigenvalue weighted by atomic mass is 19.3. The fourth-order valence-corrected chi connectivity index (χ4v) is 1.48. The minimum absolute atomic E-state index is 0.0466. The summed E-state index contributed by atoms with van der Waals surface area (Å²) in [4.78, 5) is 24.6. The third-order valence-corrected chi connectivity index (χ3v) is 2.40. The first-order chi connectivity index (χ1) is 8.25. The van der Waals surface area contributed by atoms with Crippen molar-refractivity contribution in [3.63, 3.8) is 0 Å². The summed E-state index contributed by atoms with van der Waals surface area (Å²) in [7, 11) is 1.31. The minimum atomic E-state index is -2.58. The van der Waals surface area contributed by atoms with Crippen LogP contribution in [0, 0.1) is 0 Å². The molecule has 0 radical (unpaired) electrons. The molecule has 0 bridgehead atoms. The molecule has 0 aromatic heterocycles. The molecular formula is C11H20F2N2O3. The zero-order chi connectivity index (χ0) is 14.3. The smallest absolute Gasteiger partial charge is 0.320 e. The Morgan fingerprint density at radius 2 is 1.83 bits per heavy atom. The molecule has 0 aliphatic carbocycles. The van der Waals surface area contributed by atoms with Crippen LogP contribution < -0.4 is 0 Å². The van der Waals surface area contributed by atoms with Crippen molar-refractivity contribution in [2.45, 2.75) is 39.2 Å². The topological polar surface area (TPSA) is 60.9 Å². The van der Waals surface area contributed by atoms with E-state index in [0.29, 0.717) is 6.42 Å². The van der Waals surface area contributed by atoms with Gasteiger partial charge in [0.15, 0.2) is 0 Å². The number of amides is 2. The van der Waals surface area contributed by atoms with Crippen LogP contribution >= 0.6 is 0 Å². The fraction of sp³-hybridized carbons (Fsp3) is 0.818. The SMILES string of the molecule is CC(C)N(CCCC(=O)O)C(=O)N(C)CC(F)F. The summed E-state index contributed by atoms with van der Waals surface area (Å²) < 4.78 is 24.4. The molecule has 0 heterocycles. The standard InChI is InChI=1S/C11H20F2N2O3/c1-8(2)15(6-4-5-10(16)17)11(18)14(3)7-9(12)13/h8-9H,4-7H2,1-3H3,(H,16,17). The Balaban J connectivity index is 4.39. The molecule has 0 aromatic carbocycles. The van der Waals surface area contributed by atoms with Crippen molar-refractivity contribution < 1.29 is 23.5 Å². The number of carboxylic acids is 1. The lowest BCUT2D eigenvalue weighted by molar-refractivity contribution is -0.137. The zero-order valence-corrected chi connectivity index (χ0v) is 10.9. The highest BCUT2D eigenvalue weighted by molar-refractivity contribution is 5.74. The van der Waals surface area contributed by atoms with Gasteiger partial charge in [-0.3, -0.25) is 4.79 Å². The van der Waals surface area contributed by atoms with E-state index in [1.54, 1.807) is 13.8 Å². The molecule has 0 spiro atoms. The summed E-state index contributed by atoms with van der Waals surface area (Å²) in [5.74, 6) is -0.938. The van der Waals surface area contributed by atoms with E-state index in [1.165, 1.54) is 11.9 Å².